The van der Waals surface area contributed by atoms with Crippen molar-refractivity contribution < 1.29 is 32.3 Å². The van der Waals surface area contributed by atoms with Gasteiger partial charge in [-0.15, -0.1) is 0 Å². The summed E-state index contributed by atoms with van der Waals surface area (Å²) >= 11 is 3.31. The SMILES string of the molecule is CC(C)(C)OC(=O)[C@@H](CCNC(=O)OCc1ccccc1)N(OCc1ccccc1)S(=O)(=O)c1ccc(Br)cc1. The minimum atomic E-state index is -4.34. The molecule has 0 aliphatic carbocycles. The summed E-state index contributed by atoms with van der Waals surface area (Å²) in [5.41, 5.74) is 0.610. The fourth-order valence-corrected chi connectivity index (χ4v) is 5.18. The maximum Gasteiger partial charge on any atom is 0.407 e. The highest BCUT2D eigenvalue weighted by Gasteiger charge is 2.40. The molecule has 40 heavy (non-hydrogen) atoms. The number of alkyl carbamates (subject to hydrolysis) is 1. The van der Waals surface area contributed by atoms with E-state index in [2.05, 4.69) is 21.2 Å². The maximum atomic E-state index is 13.8. The van der Waals surface area contributed by atoms with Gasteiger partial charge in [-0.2, -0.15) is 0 Å². The van der Waals surface area contributed by atoms with Gasteiger partial charge in [0.25, 0.3) is 10.0 Å². The zero-order valence-corrected chi connectivity index (χ0v) is 25.0. The minimum absolute atomic E-state index is 0.0619. The Morgan fingerprint density at radius 3 is 1.98 bits per heavy atom. The van der Waals surface area contributed by atoms with E-state index in [1.807, 2.05) is 36.4 Å². The number of hydrogen-bond donors (Lipinski definition) is 1. The van der Waals surface area contributed by atoms with E-state index >= 15 is 0 Å². The Kier molecular flexibility index (Phi) is 11.3. The lowest BCUT2D eigenvalue weighted by Crippen LogP contribution is -2.48. The Morgan fingerprint density at radius 1 is 0.875 bits per heavy atom. The van der Waals surface area contributed by atoms with E-state index in [-0.39, 0.29) is 31.1 Å². The van der Waals surface area contributed by atoms with Gasteiger partial charge in [0.05, 0.1) is 11.5 Å². The number of nitrogens with zero attached hydrogens (tertiary/aromatic N) is 1. The average molecular weight is 634 g/mol. The summed E-state index contributed by atoms with van der Waals surface area (Å²) in [6.07, 6.45) is -0.848. The number of rotatable bonds is 12. The van der Waals surface area contributed by atoms with E-state index in [0.29, 0.717) is 14.5 Å². The molecule has 0 aliphatic rings. The van der Waals surface area contributed by atoms with Gasteiger partial charge in [-0.3, -0.25) is 9.63 Å². The fraction of sp³-hybridized carbons (Fsp3) is 0.310. The van der Waals surface area contributed by atoms with Crippen molar-refractivity contribution in [3.63, 3.8) is 0 Å². The molecular formula is C29H33BrN2O7S. The van der Waals surface area contributed by atoms with Crippen molar-refractivity contribution in [1.82, 2.24) is 9.79 Å². The molecule has 0 saturated heterocycles. The van der Waals surface area contributed by atoms with Gasteiger partial charge in [-0.25, -0.2) is 13.2 Å². The number of halogens is 1. The molecule has 0 fully saturated rings. The van der Waals surface area contributed by atoms with E-state index in [1.54, 1.807) is 57.2 Å². The Labute approximate surface area is 243 Å². The molecule has 1 amide bonds. The molecule has 3 aromatic carbocycles. The summed E-state index contributed by atoms with van der Waals surface area (Å²) < 4.78 is 39.8. The number of amides is 1. The predicted octanol–water partition coefficient (Wildman–Crippen LogP) is 5.60. The van der Waals surface area contributed by atoms with E-state index in [0.717, 1.165) is 5.56 Å². The molecule has 1 atom stereocenters. The zero-order valence-electron chi connectivity index (χ0n) is 22.6. The van der Waals surface area contributed by atoms with Gasteiger partial charge >= 0.3 is 12.1 Å². The zero-order chi connectivity index (χ0) is 29.2. The van der Waals surface area contributed by atoms with Crippen molar-refractivity contribution in [2.24, 2.45) is 0 Å². The van der Waals surface area contributed by atoms with Crippen LogP contribution in [0.4, 0.5) is 4.79 Å². The first-order chi connectivity index (χ1) is 19.0. The topological polar surface area (TPSA) is 111 Å². The van der Waals surface area contributed by atoms with Crippen LogP contribution >= 0.6 is 15.9 Å². The highest BCUT2D eigenvalue weighted by atomic mass is 79.9. The lowest BCUT2D eigenvalue weighted by molar-refractivity contribution is -0.180. The van der Waals surface area contributed by atoms with Gasteiger partial charge in [0.2, 0.25) is 0 Å². The molecule has 0 aliphatic heterocycles. The number of hydrogen-bond acceptors (Lipinski definition) is 7. The quantitative estimate of drug-likeness (QED) is 0.204. The van der Waals surface area contributed by atoms with E-state index in [4.69, 9.17) is 14.3 Å². The highest BCUT2D eigenvalue weighted by Crippen LogP contribution is 2.25. The van der Waals surface area contributed by atoms with Crippen molar-refractivity contribution in [3.05, 3.63) is 101 Å². The molecule has 3 rings (SSSR count). The van der Waals surface area contributed by atoms with Gasteiger partial charge in [0.15, 0.2) is 6.04 Å². The number of nitrogens with one attached hydrogen (secondary N) is 1. The molecule has 0 radical (unpaired) electrons. The van der Waals surface area contributed by atoms with Gasteiger partial charge in [0, 0.05) is 11.0 Å². The molecule has 214 valence electrons. The summed E-state index contributed by atoms with van der Waals surface area (Å²) in [5, 5.41) is 2.58. The average Bonchev–Trinajstić information content (AvgIpc) is 2.91. The Bertz CT molecular complexity index is 1350. The van der Waals surface area contributed by atoms with E-state index in [9.17, 15) is 18.0 Å². The molecule has 0 heterocycles. The van der Waals surface area contributed by atoms with Crippen LogP contribution in [0.3, 0.4) is 0 Å². The van der Waals surface area contributed by atoms with Gasteiger partial charge in [-0.1, -0.05) is 81.1 Å². The molecular weight excluding hydrogens is 600 g/mol. The molecule has 3 aromatic rings. The van der Waals surface area contributed by atoms with Crippen molar-refractivity contribution in [1.29, 1.82) is 0 Å². The third-order valence-electron chi connectivity index (χ3n) is 5.38. The summed E-state index contributed by atoms with van der Waals surface area (Å²) in [6, 6.07) is 22.7. The third-order valence-corrected chi connectivity index (χ3v) is 7.61. The fourth-order valence-electron chi connectivity index (χ4n) is 3.51. The third kappa shape index (κ3) is 9.74. The lowest BCUT2D eigenvalue weighted by atomic mass is 10.1. The number of carbonyl (C=O) groups is 2. The van der Waals surface area contributed by atoms with E-state index in [1.165, 1.54) is 12.1 Å². The number of hydroxylamine groups is 1. The van der Waals surface area contributed by atoms with Crippen LogP contribution in [0.15, 0.2) is 94.3 Å². The predicted molar refractivity (Wildman–Crippen MR) is 153 cm³/mol. The van der Waals surface area contributed by atoms with Crippen LogP contribution in [0.25, 0.3) is 0 Å². The molecule has 0 spiro atoms. The van der Waals surface area contributed by atoms with E-state index < -0.39 is 33.7 Å². The molecule has 0 aromatic heterocycles. The summed E-state index contributed by atoms with van der Waals surface area (Å²) in [6.45, 7) is 4.89. The smallest absolute Gasteiger partial charge is 0.407 e. The monoisotopic (exact) mass is 632 g/mol. The normalized spacial score (nSPS) is 12.5. The van der Waals surface area contributed by atoms with Crippen LogP contribution in [0.1, 0.15) is 38.3 Å². The van der Waals surface area contributed by atoms with Gasteiger partial charge in [0.1, 0.15) is 12.2 Å². The van der Waals surface area contributed by atoms with Crippen LogP contribution in [-0.4, -0.2) is 43.1 Å². The van der Waals surface area contributed by atoms with Gasteiger partial charge < -0.3 is 14.8 Å². The largest absolute Gasteiger partial charge is 0.459 e. The summed E-state index contributed by atoms with van der Waals surface area (Å²) in [7, 11) is -4.34. The Balaban J connectivity index is 1.83. The number of benzene rings is 3. The van der Waals surface area contributed by atoms with Crippen LogP contribution < -0.4 is 5.32 Å². The lowest BCUT2D eigenvalue weighted by Gasteiger charge is -2.31. The standard InChI is InChI=1S/C29H33BrN2O7S/c1-29(2,3)39-27(33)26(18-19-31-28(34)37-20-22-10-6-4-7-11-22)32(38-21-23-12-8-5-9-13-23)40(35,36)25-16-14-24(30)15-17-25/h4-17,26H,18-21H2,1-3H3,(H,31,34)/t26-/m1/s1. The highest BCUT2D eigenvalue weighted by molar-refractivity contribution is 9.10. The minimum Gasteiger partial charge on any atom is -0.459 e. The number of sulfonamides is 1. The van der Waals surface area contributed by atoms with Crippen molar-refractivity contribution in [2.45, 2.75) is 56.9 Å². The van der Waals surface area contributed by atoms with Crippen molar-refractivity contribution >= 4 is 38.0 Å². The molecule has 0 bridgehead atoms. The molecule has 0 unspecified atom stereocenters. The Morgan fingerprint density at radius 2 is 1.43 bits per heavy atom. The molecule has 9 nitrogen and oxygen atoms in total. The van der Waals surface area contributed by atoms with Crippen LogP contribution in [0, 0.1) is 0 Å². The molecule has 0 saturated carbocycles. The summed E-state index contributed by atoms with van der Waals surface area (Å²) in [5.74, 6) is -0.819. The second kappa shape index (κ2) is 14.4. The number of esters is 1. The first kappa shape index (κ1) is 31.3. The first-order valence-electron chi connectivity index (χ1n) is 12.6. The second-order valence-electron chi connectivity index (χ2n) is 9.80. The van der Waals surface area contributed by atoms with Crippen molar-refractivity contribution in [3.8, 4) is 0 Å². The van der Waals surface area contributed by atoms with Crippen LogP contribution in [0.2, 0.25) is 0 Å². The Hall–Kier alpha value is -3.25. The second-order valence-corrected chi connectivity index (χ2v) is 12.5. The maximum absolute atomic E-state index is 13.8. The first-order valence-corrected chi connectivity index (χ1v) is 14.8. The molecule has 1 N–H and O–H groups in total. The summed E-state index contributed by atoms with van der Waals surface area (Å²) in [4.78, 5) is 31.4. The van der Waals surface area contributed by atoms with Gasteiger partial charge in [-0.05, 0) is 62.6 Å². The van der Waals surface area contributed by atoms with Crippen LogP contribution in [-0.2, 0) is 42.3 Å². The molecule has 11 heteroatoms. The number of carbonyl (C=O) groups excluding carboxylic acids is 2. The van der Waals surface area contributed by atoms with Crippen molar-refractivity contribution in [2.75, 3.05) is 6.54 Å². The van der Waals surface area contributed by atoms with Crippen LogP contribution in [0.5, 0.6) is 0 Å². The number of ether oxygens (including phenoxy) is 2.